The molecule has 1 rings (SSSR count). The molecule has 122 valence electrons. The number of aliphatic carboxylic acids is 1. The van der Waals surface area contributed by atoms with Crippen molar-refractivity contribution in [2.24, 2.45) is 5.92 Å². The van der Waals surface area contributed by atoms with Crippen LogP contribution in [0.2, 0.25) is 0 Å². The fourth-order valence-corrected chi connectivity index (χ4v) is 2.67. The number of carboxylic acids is 1. The lowest BCUT2D eigenvalue weighted by Gasteiger charge is -2.30. The normalized spacial score (nSPS) is 16.9. The SMILES string of the molecule is CS(=O)(=O)NCCCNCC(=O)N1CCC(C(=O)O)CC1. The summed E-state index contributed by atoms with van der Waals surface area (Å²) in [6.07, 6.45) is 2.70. The highest BCUT2D eigenvalue weighted by atomic mass is 32.2. The van der Waals surface area contributed by atoms with Gasteiger partial charge in [-0.1, -0.05) is 0 Å². The molecular weight excluding hydrogens is 298 g/mol. The molecule has 1 saturated heterocycles. The number of hydrogen-bond acceptors (Lipinski definition) is 5. The molecule has 1 heterocycles. The molecule has 1 aliphatic rings. The molecule has 1 aliphatic heterocycles. The van der Waals surface area contributed by atoms with Crippen LogP contribution < -0.4 is 10.0 Å². The number of nitrogens with one attached hydrogen (secondary N) is 2. The van der Waals surface area contributed by atoms with Gasteiger partial charge in [-0.25, -0.2) is 13.1 Å². The molecule has 0 bridgehead atoms. The van der Waals surface area contributed by atoms with E-state index in [1.165, 1.54) is 0 Å². The first-order valence-electron chi connectivity index (χ1n) is 6.95. The molecule has 1 fully saturated rings. The maximum atomic E-state index is 11.9. The Hall–Kier alpha value is -1.19. The summed E-state index contributed by atoms with van der Waals surface area (Å²) in [5, 5.41) is 11.8. The first kappa shape index (κ1) is 17.9. The van der Waals surface area contributed by atoms with Gasteiger partial charge in [-0.15, -0.1) is 0 Å². The number of nitrogens with zero attached hydrogens (tertiary/aromatic N) is 1. The Morgan fingerprint density at radius 1 is 1.24 bits per heavy atom. The van der Waals surface area contributed by atoms with Gasteiger partial charge < -0.3 is 15.3 Å². The summed E-state index contributed by atoms with van der Waals surface area (Å²) >= 11 is 0. The van der Waals surface area contributed by atoms with E-state index in [1.54, 1.807) is 4.90 Å². The van der Waals surface area contributed by atoms with Gasteiger partial charge in [0.1, 0.15) is 0 Å². The first-order valence-corrected chi connectivity index (χ1v) is 8.84. The summed E-state index contributed by atoms with van der Waals surface area (Å²) in [5.41, 5.74) is 0. The second-order valence-corrected chi connectivity index (χ2v) is 7.02. The van der Waals surface area contributed by atoms with Crippen molar-refractivity contribution in [2.75, 3.05) is 39.0 Å². The number of rotatable bonds is 8. The third-order valence-corrected chi connectivity index (χ3v) is 4.10. The highest BCUT2D eigenvalue weighted by Gasteiger charge is 2.26. The zero-order chi connectivity index (χ0) is 15.9. The number of amides is 1. The van der Waals surface area contributed by atoms with Gasteiger partial charge in [-0.2, -0.15) is 0 Å². The van der Waals surface area contributed by atoms with E-state index >= 15 is 0 Å². The van der Waals surface area contributed by atoms with Crippen LogP contribution in [-0.2, 0) is 19.6 Å². The van der Waals surface area contributed by atoms with Gasteiger partial charge in [0.2, 0.25) is 15.9 Å². The van der Waals surface area contributed by atoms with Crippen molar-refractivity contribution in [1.82, 2.24) is 14.9 Å². The average Bonchev–Trinajstić information content (AvgIpc) is 2.41. The summed E-state index contributed by atoms with van der Waals surface area (Å²) in [7, 11) is -3.16. The molecule has 0 unspecified atom stereocenters. The number of carbonyl (C=O) groups is 2. The Labute approximate surface area is 124 Å². The van der Waals surface area contributed by atoms with E-state index in [0.717, 1.165) is 6.26 Å². The summed E-state index contributed by atoms with van der Waals surface area (Å²) in [4.78, 5) is 24.3. The predicted molar refractivity (Wildman–Crippen MR) is 77.3 cm³/mol. The lowest BCUT2D eigenvalue weighted by Crippen LogP contribution is -2.44. The molecule has 0 aliphatic carbocycles. The second-order valence-electron chi connectivity index (χ2n) is 5.19. The lowest BCUT2D eigenvalue weighted by molar-refractivity contribution is -0.145. The van der Waals surface area contributed by atoms with Crippen LogP contribution in [0, 0.1) is 5.92 Å². The van der Waals surface area contributed by atoms with E-state index in [2.05, 4.69) is 10.0 Å². The summed E-state index contributed by atoms with van der Waals surface area (Å²) in [6, 6.07) is 0. The van der Waals surface area contributed by atoms with Crippen LogP contribution in [0.4, 0.5) is 0 Å². The van der Waals surface area contributed by atoms with Crippen molar-refractivity contribution in [3.8, 4) is 0 Å². The monoisotopic (exact) mass is 321 g/mol. The van der Waals surface area contributed by atoms with Crippen molar-refractivity contribution >= 4 is 21.9 Å². The minimum Gasteiger partial charge on any atom is -0.481 e. The number of carbonyl (C=O) groups excluding carboxylic acids is 1. The van der Waals surface area contributed by atoms with Gasteiger partial charge in [-0.05, 0) is 25.8 Å². The molecular formula is C12H23N3O5S. The Balaban J connectivity index is 2.11. The third kappa shape index (κ3) is 7.39. The van der Waals surface area contributed by atoms with Crippen LogP contribution in [0.5, 0.6) is 0 Å². The summed E-state index contributed by atoms with van der Waals surface area (Å²) in [6.45, 7) is 2.03. The fourth-order valence-electron chi connectivity index (χ4n) is 2.15. The van der Waals surface area contributed by atoms with Crippen molar-refractivity contribution in [2.45, 2.75) is 19.3 Å². The smallest absolute Gasteiger partial charge is 0.306 e. The van der Waals surface area contributed by atoms with Gasteiger partial charge in [0.25, 0.3) is 0 Å². The number of carboxylic acid groups (broad SMARTS) is 1. The van der Waals surface area contributed by atoms with Crippen LogP contribution in [0.3, 0.4) is 0 Å². The molecule has 0 aromatic carbocycles. The molecule has 0 aromatic heterocycles. The third-order valence-electron chi connectivity index (χ3n) is 3.37. The van der Waals surface area contributed by atoms with E-state index in [-0.39, 0.29) is 18.4 Å². The molecule has 8 nitrogen and oxygen atoms in total. The highest BCUT2D eigenvalue weighted by Crippen LogP contribution is 2.16. The molecule has 0 atom stereocenters. The van der Waals surface area contributed by atoms with Gasteiger partial charge in [-0.3, -0.25) is 9.59 Å². The summed E-state index contributed by atoms with van der Waals surface area (Å²) in [5.74, 6) is -1.18. The lowest BCUT2D eigenvalue weighted by atomic mass is 9.97. The van der Waals surface area contributed by atoms with Gasteiger partial charge in [0.15, 0.2) is 0 Å². The zero-order valence-electron chi connectivity index (χ0n) is 12.2. The first-order chi connectivity index (χ1) is 9.79. The molecule has 0 spiro atoms. The van der Waals surface area contributed by atoms with E-state index in [0.29, 0.717) is 45.4 Å². The predicted octanol–water partition coefficient (Wildman–Crippen LogP) is -1.16. The molecule has 0 aromatic rings. The Bertz CT molecular complexity index is 458. The van der Waals surface area contributed by atoms with Gasteiger partial charge in [0, 0.05) is 19.6 Å². The maximum Gasteiger partial charge on any atom is 0.306 e. The maximum absolute atomic E-state index is 11.9. The highest BCUT2D eigenvalue weighted by molar-refractivity contribution is 7.88. The van der Waals surface area contributed by atoms with Crippen LogP contribution in [0.1, 0.15) is 19.3 Å². The average molecular weight is 321 g/mol. The van der Waals surface area contributed by atoms with Crippen molar-refractivity contribution in [1.29, 1.82) is 0 Å². The zero-order valence-corrected chi connectivity index (χ0v) is 13.0. The molecule has 0 saturated carbocycles. The number of sulfonamides is 1. The number of hydrogen-bond donors (Lipinski definition) is 3. The number of likely N-dealkylation sites (tertiary alicyclic amines) is 1. The van der Waals surface area contributed by atoms with Crippen molar-refractivity contribution in [3.63, 3.8) is 0 Å². The molecule has 9 heteroatoms. The van der Waals surface area contributed by atoms with Crippen molar-refractivity contribution < 1.29 is 23.1 Å². The fraction of sp³-hybridized carbons (Fsp3) is 0.833. The van der Waals surface area contributed by atoms with E-state index in [1.807, 2.05) is 0 Å². The topological polar surface area (TPSA) is 116 Å². The molecule has 21 heavy (non-hydrogen) atoms. The summed E-state index contributed by atoms with van der Waals surface area (Å²) < 4.78 is 24.0. The van der Waals surface area contributed by atoms with Crippen molar-refractivity contribution in [3.05, 3.63) is 0 Å². The number of piperidine rings is 1. The van der Waals surface area contributed by atoms with Crippen LogP contribution in [0.25, 0.3) is 0 Å². The van der Waals surface area contributed by atoms with E-state index in [4.69, 9.17) is 5.11 Å². The molecule has 0 radical (unpaired) electrons. The van der Waals surface area contributed by atoms with Gasteiger partial charge >= 0.3 is 5.97 Å². The van der Waals surface area contributed by atoms with Crippen LogP contribution in [0.15, 0.2) is 0 Å². The Morgan fingerprint density at radius 3 is 2.38 bits per heavy atom. The second kappa shape index (κ2) is 8.30. The van der Waals surface area contributed by atoms with Crippen LogP contribution >= 0.6 is 0 Å². The quantitative estimate of drug-likeness (QED) is 0.486. The van der Waals surface area contributed by atoms with E-state index in [9.17, 15) is 18.0 Å². The van der Waals surface area contributed by atoms with E-state index < -0.39 is 16.0 Å². The van der Waals surface area contributed by atoms with Gasteiger partial charge in [0.05, 0.1) is 18.7 Å². The largest absolute Gasteiger partial charge is 0.481 e. The molecule has 3 N–H and O–H groups in total. The minimum absolute atomic E-state index is 0.0464. The molecule has 1 amide bonds. The van der Waals surface area contributed by atoms with Crippen LogP contribution in [-0.4, -0.2) is 69.3 Å². The minimum atomic E-state index is -3.16. The Morgan fingerprint density at radius 2 is 1.86 bits per heavy atom. The Kier molecular flexibility index (Phi) is 7.06. The standard InChI is InChI=1S/C12H23N3O5S/c1-21(19,20)14-6-2-5-13-9-11(16)15-7-3-10(4-8-15)12(17)18/h10,13-14H,2-9H2,1H3,(H,17,18).